The van der Waals surface area contributed by atoms with Gasteiger partial charge in [-0.2, -0.15) is 0 Å². The Morgan fingerprint density at radius 3 is 2.64 bits per heavy atom. The van der Waals surface area contributed by atoms with Crippen molar-refractivity contribution in [2.75, 3.05) is 33.3 Å². The predicted octanol–water partition coefficient (Wildman–Crippen LogP) is 0.353. The number of hydrogen-bond acceptors (Lipinski definition) is 4. The van der Waals surface area contributed by atoms with Gasteiger partial charge in [-0.15, -0.1) is 0 Å². The van der Waals surface area contributed by atoms with E-state index in [0.717, 1.165) is 12.8 Å². The van der Waals surface area contributed by atoms with Crippen LogP contribution in [0.5, 0.6) is 5.75 Å². The maximum atomic E-state index is 12.8. The Balaban J connectivity index is 1.54. The molecule has 0 spiro atoms. The molecule has 7 heteroatoms. The number of fused-ring (bicyclic) bond motifs is 2. The van der Waals surface area contributed by atoms with Crippen molar-refractivity contribution in [1.29, 1.82) is 0 Å². The zero-order chi connectivity index (χ0) is 17.6. The molecule has 0 radical (unpaired) electrons. The van der Waals surface area contributed by atoms with Gasteiger partial charge in [0.15, 0.2) is 0 Å². The molecule has 3 saturated heterocycles. The minimum absolute atomic E-state index is 0.0229. The second-order valence-corrected chi connectivity index (χ2v) is 6.72. The summed E-state index contributed by atoms with van der Waals surface area (Å²) in [6, 6.07) is 6.15. The molecule has 3 amide bonds. The molecule has 25 heavy (non-hydrogen) atoms. The van der Waals surface area contributed by atoms with E-state index in [1.165, 1.54) is 0 Å². The summed E-state index contributed by atoms with van der Waals surface area (Å²) in [5.41, 5.74) is 0.529. The Labute approximate surface area is 146 Å². The molecule has 0 bridgehead atoms. The number of benzene rings is 1. The highest BCUT2D eigenvalue weighted by Crippen LogP contribution is 2.29. The third-order valence-electron chi connectivity index (χ3n) is 5.37. The first-order valence-corrected chi connectivity index (χ1v) is 8.64. The van der Waals surface area contributed by atoms with Crippen LogP contribution in [0.15, 0.2) is 24.3 Å². The summed E-state index contributed by atoms with van der Waals surface area (Å²) in [7, 11) is 1.56. The second kappa shape index (κ2) is 6.06. The van der Waals surface area contributed by atoms with Crippen molar-refractivity contribution in [2.45, 2.75) is 24.9 Å². The zero-order valence-corrected chi connectivity index (χ0v) is 14.2. The number of rotatable bonds is 2. The number of hydrogen-bond donors (Lipinski definition) is 0. The molecule has 132 valence electrons. The average molecular weight is 343 g/mol. The summed E-state index contributed by atoms with van der Waals surface area (Å²) in [5, 5.41) is 0. The quantitative estimate of drug-likeness (QED) is 0.777. The minimum Gasteiger partial charge on any atom is -0.497 e. The van der Waals surface area contributed by atoms with Crippen LogP contribution in [0.1, 0.15) is 23.2 Å². The molecule has 0 aromatic heterocycles. The van der Waals surface area contributed by atoms with Crippen LogP contribution in [0.4, 0.5) is 0 Å². The van der Waals surface area contributed by atoms with Gasteiger partial charge >= 0.3 is 0 Å². The highest BCUT2D eigenvalue weighted by atomic mass is 16.5. The van der Waals surface area contributed by atoms with Crippen LogP contribution in [0.25, 0.3) is 0 Å². The normalized spacial score (nSPS) is 25.7. The van der Waals surface area contributed by atoms with Gasteiger partial charge in [-0.05, 0) is 31.0 Å². The van der Waals surface area contributed by atoms with E-state index in [2.05, 4.69) is 0 Å². The van der Waals surface area contributed by atoms with Crippen molar-refractivity contribution < 1.29 is 19.1 Å². The van der Waals surface area contributed by atoms with Crippen LogP contribution >= 0.6 is 0 Å². The lowest BCUT2D eigenvalue weighted by Crippen LogP contribution is -2.69. The van der Waals surface area contributed by atoms with E-state index in [-0.39, 0.29) is 30.3 Å². The van der Waals surface area contributed by atoms with E-state index in [1.807, 2.05) is 0 Å². The van der Waals surface area contributed by atoms with Crippen molar-refractivity contribution in [1.82, 2.24) is 14.7 Å². The van der Waals surface area contributed by atoms with Gasteiger partial charge in [0.25, 0.3) is 5.91 Å². The largest absolute Gasteiger partial charge is 0.497 e. The molecule has 2 atom stereocenters. The van der Waals surface area contributed by atoms with Gasteiger partial charge in [-0.1, -0.05) is 6.07 Å². The maximum Gasteiger partial charge on any atom is 0.254 e. The lowest BCUT2D eigenvalue weighted by Gasteiger charge is -2.47. The zero-order valence-electron chi connectivity index (χ0n) is 14.2. The first kappa shape index (κ1) is 15.9. The molecule has 0 saturated carbocycles. The Hall–Kier alpha value is -2.57. The minimum atomic E-state index is -0.551. The van der Waals surface area contributed by atoms with E-state index in [4.69, 9.17) is 4.74 Å². The van der Waals surface area contributed by atoms with Crippen LogP contribution in [-0.2, 0) is 9.59 Å². The number of ether oxygens (including phenoxy) is 1. The summed E-state index contributed by atoms with van der Waals surface area (Å²) in [4.78, 5) is 43.2. The molecule has 0 N–H and O–H groups in total. The van der Waals surface area contributed by atoms with Gasteiger partial charge in [-0.3, -0.25) is 14.4 Å². The number of amides is 3. The van der Waals surface area contributed by atoms with Crippen molar-refractivity contribution in [3.05, 3.63) is 29.8 Å². The summed E-state index contributed by atoms with van der Waals surface area (Å²) >= 11 is 0. The maximum absolute atomic E-state index is 12.8. The van der Waals surface area contributed by atoms with Gasteiger partial charge in [-0.25, -0.2) is 0 Å². The first-order chi connectivity index (χ1) is 12.1. The molecule has 1 aromatic carbocycles. The fraction of sp³-hybridized carbons (Fsp3) is 0.500. The lowest BCUT2D eigenvalue weighted by molar-refractivity contribution is -0.162. The molecule has 1 aromatic rings. The molecule has 0 aliphatic carbocycles. The molecule has 3 heterocycles. The van der Waals surface area contributed by atoms with Crippen LogP contribution in [0.2, 0.25) is 0 Å². The van der Waals surface area contributed by atoms with Gasteiger partial charge in [0.2, 0.25) is 11.8 Å². The number of methoxy groups -OCH3 is 1. The molecular formula is C18H21N3O4. The molecule has 4 rings (SSSR count). The Kier molecular flexibility index (Phi) is 3.86. The lowest BCUT2D eigenvalue weighted by atomic mass is 10.0. The fourth-order valence-electron chi connectivity index (χ4n) is 4.05. The standard InChI is InChI=1S/C18H21N3O4/c1-25-13-5-2-4-12(10-13)16(22)19-8-9-21-15(11-19)18(24)20-7-3-6-14(20)17(21)23/h2,4-5,10,14-15H,3,6-9,11H2,1H3/t14-,15-/m1/s1. The van der Waals surface area contributed by atoms with Crippen molar-refractivity contribution in [3.63, 3.8) is 0 Å². The summed E-state index contributed by atoms with van der Waals surface area (Å²) in [6.45, 7) is 1.75. The summed E-state index contributed by atoms with van der Waals surface area (Å²) in [6.07, 6.45) is 1.62. The second-order valence-electron chi connectivity index (χ2n) is 6.72. The Morgan fingerprint density at radius 1 is 1.08 bits per heavy atom. The van der Waals surface area contributed by atoms with Crippen LogP contribution < -0.4 is 4.74 Å². The fourth-order valence-corrected chi connectivity index (χ4v) is 4.05. The first-order valence-electron chi connectivity index (χ1n) is 8.64. The third-order valence-corrected chi connectivity index (χ3v) is 5.37. The number of carbonyl (C=O) groups is 3. The van der Waals surface area contributed by atoms with Gasteiger partial charge in [0.1, 0.15) is 17.8 Å². The van der Waals surface area contributed by atoms with Crippen molar-refractivity contribution in [2.24, 2.45) is 0 Å². The van der Waals surface area contributed by atoms with Crippen LogP contribution in [0, 0.1) is 0 Å². The van der Waals surface area contributed by atoms with Gasteiger partial charge < -0.3 is 19.4 Å². The van der Waals surface area contributed by atoms with Crippen molar-refractivity contribution in [3.8, 4) is 5.75 Å². The molecule has 0 unspecified atom stereocenters. The monoisotopic (exact) mass is 343 g/mol. The smallest absolute Gasteiger partial charge is 0.254 e. The number of carbonyl (C=O) groups excluding carboxylic acids is 3. The topological polar surface area (TPSA) is 70.2 Å². The molecule has 3 aliphatic rings. The van der Waals surface area contributed by atoms with E-state index in [9.17, 15) is 14.4 Å². The highest BCUT2D eigenvalue weighted by Gasteiger charge is 2.49. The molecule has 3 fully saturated rings. The highest BCUT2D eigenvalue weighted by molar-refractivity contribution is 5.99. The Morgan fingerprint density at radius 2 is 1.84 bits per heavy atom. The van der Waals surface area contributed by atoms with Gasteiger partial charge in [0, 0.05) is 25.2 Å². The van der Waals surface area contributed by atoms with Crippen LogP contribution in [0.3, 0.4) is 0 Å². The Bertz CT molecular complexity index is 735. The van der Waals surface area contributed by atoms with E-state index in [0.29, 0.717) is 30.9 Å². The van der Waals surface area contributed by atoms with Crippen molar-refractivity contribution >= 4 is 17.7 Å². The summed E-state index contributed by atoms with van der Waals surface area (Å²) in [5.74, 6) is 0.497. The molecule has 3 aliphatic heterocycles. The average Bonchev–Trinajstić information content (AvgIpc) is 3.15. The van der Waals surface area contributed by atoms with E-state index >= 15 is 0 Å². The summed E-state index contributed by atoms with van der Waals surface area (Å²) < 4.78 is 5.17. The number of nitrogens with zero attached hydrogens (tertiary/aromatic N) is 3. The van der Waals surface area contributed by atoms with E-state index < -0.39 is 6.04 Å². The molecule has 7 nitrogen and oxygen atoms in total. The van der Waals surface area contributed by atoms with Gasteiger partial charge in [0.05, 0.1) is 13.7 Å². The van der Waals surface area contributed by atoms with Crippen LogP contribution in [-0.4, -0.2) is 77.8 Å². The molecular weight excluding hydrogens is 322 g/mol. The predicted molar refractivity (Wildman–Crippen MR) is 89.1 cm³/mol. The SMILES string of the molecule is COc1cccc(C(=O)N2CCN3C(=O)[C@H]4CCCN4C(=O)[C@H]3C2)c1. The van der Waals surface area contributed by atoms with E-state index in [1.54, 1.807) is 46.1 Å². The third kappa shape index (κ3) is 2.54. The number of piperazine rings is 2.